The molecule has 0 aromatic heterocycles. The second kappa shape index (κ2) is 6.72. The van der Waals surface area contributed by atoms with Crippen LogP contribution in [0.15, 0.2) is 12.1 Å². The van der Waals surface area contributed by atoms with Crippen molar-refractivity contribution in [1.29, 1.82) is 0 Å². The van der Waals surface area contributed by atoms with E-state index in [1.54, 1.807) is 7.11 Å². The average Bonchev–Trinajstić information content (AvgIpc) is 2.84. The van der Waals surface area contributed by atoms with E-state index in [1.165, 1.54) is 11.8 Å². The monoisotopic (exact) mass is 364 g/mol. The van der Waals surface area contributed by atoms with E-state index in [-0.39, 0.29) is 23.1 Å². The average molecular weight is 364 g/mol. The Balaban J connectivity index is 2.02. The number of fused-ring (bicyclic) bond motifs is 1. The van der Waals surface area contributed by atoms with Crippen LogP contribution in [0, 0.1) is 0 Å². The van der Waals surface area contributed by atoms with Crippen LogP contribution in [-0.4, -0.2) is 34.5 Å². The van der Waals surface area contributed by atoms with Crippen LogP contribution in [-0.2, 0) is 22.4 Å². The summed E-state index contributed by atoms with van der Waals surface area (Å²) < 4.78 is 6.04. The molecule has 7 heteroatoms. The molecule has 2 heterocycles. The first-order valence-electron chi connectivity index (χ1n) is 7.94. The van der Waals surface area contributed by atoms with Crippen molar-refractivity contribution in [3.05, 3.63) is 23.3 Å². The standard InChI is InChI=1S/C17H20N2O3S2/c1-9(2)19-14(20)7-5-11-10(4-6-12(22-3)15(11)19)8-13-16(21)18-17(23)24-13/h4,6,9,13H,5,7-8H2,1-3H3,(H,18,21,23). The Hall–Kier alpha value is -1.60. The lowest BCUT2D eigenvalue weighted by Crippen LogP contribution is -2.41. The molecule has 24 heavy (non-hydrogen) atoms. The highest BCUT2D eigenvalue weighted by Crippen LogP contribution is 2.41. The number of anilines is 1. The zero-order chi connectivity index (χ0) is 17.4. The summed E-state index contributed by atoms with van der Waals surface area (Å²) in [5, 5.41) is 2.48. The molecular formula is C17H20N2O3S2. The lowest BCUT2D eigenvalue weighted by molar-refractivity contribution is -0.120. The maximum absolute atomic E-state index is 12.4. The van der Waals surface area contributed by atoms with Crippen molar-refractivity contribution in [1.82, 2.24) is 5.32 Å². The lowest BCUT2D eigenvalue weighted by atomic mass is 9.92. The molecule has 5 nitrogen and oxygen atoms in total. The fourth-order valence-electron chi connectivity index (χ4n) is 3.31. The third-order valence-corrected chi connectivity index (χ3v) is 5.72. The fourth-order valence-corrected chi connectivity index (χ4v) is 4.60. The summed E-state index contributed by atoms with van der Waals surface area (Å²) in [5.74, 6) is 0.777. The lowest BCUT2D eigenvalue weighted by Gasteiger charge is -2.35. The number of thiocarbonyl (C=S) groups is 1. The number of nitrogens with one attached hydrogen (secondary N) is 1. The Kier molecular flexibility index (Phi) is 4.83. The van der Waals surface area contributed by atoms with Crippen molar-refractivity contribution in [2.45, 2.75) is 44.4 Å². The minimum Gasteiger partial charge on any atom is -0.495 e. The Morgan fingerprint density at radius 3 is 2.71 bits per heavy atom. The number of rotatable bonds is 4. The molecule has 2 amide bonds. The minimum absolute atomic E-state index is 0.0397. The van der Waals surface area contributed by atoms with Gasteiger partial charge in [0.2, 0.25) is 11.8 Å². The van der Waals surface area contributed by atoms with Gasteiger partial charge in [0.25, 0.3) is 0 Å². The molecule has 3 rings (SSSR count). The van der Waals surface area contributed by atoms with Gasteiger partial charge >= 0.3 is 0 Å². The number of methoxy groups -OCH3 is 1. The number of thioether (sulfide) groups is 1. The second-order valence-corrected chi connectivity index (χ2v) is 8.08. The van der Waals surface area contributed by atoms with Gasteiger partial charge in [0.1, 0.15) is 10.1 Å². The molecular weight excluding hydrogens is 344 g/mol. The molecule has 1 atom stereocenters. The van der Waals surface area contributed by atoms with E-state index in [0.29, 0.717) is 29.3 Å². The molecule has 0 spiro atoms. The highest BCUT2D eigenvalue weighted by Gasteiger charge is 2.34. The highest BCUT2D eigenvalue weighted by molar-refractivity contribution is 8.24. The number of ether oxygens (including phenoxy) is 1. The van der Waals surface area contributed by atoms with Crippen LogP contribution < -0.4 is 15.0 Å². The smallest absolute Gasteiger partial charge is 0.239 e. The molecule has 1 aromatic carbocycles. The number of benzene rings is 1. The van der Waals surface area contributed by atoms with Crippen LogP contribution in [0.4, 0.5) is 5.69 Å². The molecule has 0 aliphatic carbocycles. The predicted octanol–water partition coefficient (Wildman–Crippen LogP) is 2.44. The quantitative estimate of drug-likeness (QED) is 0.832. The minimum atomic E-state index is -0.208. The fraction of sp³-hybridized carbons (Fsp3) is 0.471. The summed E-state index contributed by atoms with van der Waals surface area (Å²) in [6.45, 7) is 4.00. The Morgan fingerprint density at radius 1 is 1.38 bits per heavy atom. The zero-order valence-electron chi connectivity index (χ0n) is 13.9. The maximum atomic E-state index is 12.4. The Bertz CT molecular complexity index is 718. The van der Waals surface area contributed by atoms with Crippen LogP contribution in [0.25, 0.3) is 0 Å². The molecule has 1 fully saturated rings. The van der Waals surface area contributed by atoms with Gasteiger partial charge in [-0.2, -0.15) is 0 Å². The van der Waals surface area contributed by atoms with Gasteiger partial charge in [0.15, 0.2) is 0 Å². The Morgan fingerprint density at radius 2 is 2.12 bits per heavy atom. The number of hydrogen-bond acceptors (Lipinski definition) is 5. The van der Waals surface area contributed by atoms with Gasteiger partial charge in [-0.1, -0.05) is 30.0 Å². The van der Waals surface area contributed by atoms with Crippen LogP contribution in [0.3, 0.4) is 0 Å². The van der Waals surface area contributed by atoms with Crippen LogP contribution in [0.1, 0.15) is 31.4 Å². The first kappa shape index (κ1) is 17.2. The molecule has 1 N–H and O–H groups in total. The van der Waals surface area contributed by atoms with Crippen LogP contribution in [0.2, 0.25) is 0 Å². The number of carbonyl (C=O) groups excluding carboxylic acids is 2. The van der Waals surface area contributed by atoms with Crippen molar-refractivity contribution in [2.75, 3.05) is 12.0 Å². The molecule has 1 aromatic rings. The summed E-state index contributed by atoms with van der Waals surface area (Å²) >= 11 is 6.47. The van der Waals surface area contributed by atoms with Crippen molar-refractivity contribution >= 4 is 45.8 Å². The third kappa shape index (κ3) is 3.02. The summed E-state index contributed by atoms with van der Waals surface area (Å²) in [4.78, 5) is 26.2. The maximum Gasteiger partial charge on any atom is 0.239 e. The molecule has 0 saturated carbocycles. The van der Waals surface area contributed by atoms with Gasteiger partial charge in [0.05, 0.1) is 18.0 Å². The topological polar surface area (TPSA) is 58.6 Å². The number of hydrogen-bond donors (Lipinski definition) is 1. The molecule has 0 bridgehead atoms. The second-order valence-electron chi connectivity index (χ2n) is 6.20. The molecule has 1 unspecified atom stereocenters. The summed E-state index contributed by atoms with van der Waals surface area (Å²) in [6, 6.07) is 3.94. The van der Waals surface area contributed by atoms with Crippen molar-refractivity contribution in [3.63, 3.8) is 0 Å². The van der Waals surface area contributed by atoms with Gasteiger partial charge in [-0.15, -0.1) is 0 Å². The van der Waals surface area contributed by atoms with E-state index >= 15 is 0 Å². The molecule has 0 radical (unpaired) electrons. The van der Waals surface area contributed by atoms with Gasteiger partial charge in [-0.25, -0.2) is 0 Å². The van der Waals surface area contributed by atoms with Crippen LogP contribution >= 0.6 is 24.0 Å². The largest absolute Gasteiger partial charge is 0.495 e. The van der Waals surface area contributed by atoms with Crippen LogP contribution in [0.5, 0.6) is 5.75 Å². The number of amides is 2. The summed E-state index contributed by atoms with van der Waals surface area (Å²) in [7, 11) is 1.62. The van der Waals surface area contributed by atoms with E-state index in [1.807, 2.05) is 30.9 Å². The van der Waals surface area contributed by atoms with Gasteiger partial charge < -0.3 is 15.0 Å². The van der Waals surface area contributed by atoms with E-state index < -0.39 is 0 Å². The van der Waals surface area contributed by atoms with Gasteiger partial charge in [-0.05, 0) is 43.9 Å². The normalized spacial score (nSPS) is 20.4. The van der Waals surface area contributed by atoms with Gasteiger partial charge in [-0.3, -0.25) is 9.59 Å². The SMILES string of the molecule is COc1ccc(CC2SC(=S)NC2=O)c2c1N(C(C)C)C(=O)CC2. The highest BCUT2D eigenvalue weighted by atomic mass is 32.2. The molecule has 2 aliphatic rings. The van der Waals surface area contributed by atoms with E-state index in [2.05, 4.69) is 5.32 Å². The third-order valence-electron chi connectivity index (χ3n) is 4.35. The van der Waals surface area contributed by atoms with Crippen molar-refractivity contribution < 1.29 is 14.3 Å². The number of carbonyl (C=O) groups is 2. The first-order chi connectivity index (χ1) is 11.4. The number of nitrogens with zero attached hydrogens (tertiary/aromatic N) is 1. The molecule has 128 valence electrons. The van der Waals surface area contributed by atoms with Gasteiger partial charge in [0, 0.05) is 12.5 Å². The molecule has 2 aliphatic heterocycles. The Labute approximate surface area is 151 Å². The summed E-state index contributed by atoms with van der Waals surface area (Å²) in [5.41, 5.74) is 3.04. The van der Waals surface area contributed by atoms with E-state index in [0.717, 1.165) is 16.8 Å². The molecule has 1 saturated heterocycles. The predicted molar refractivity (Wildman–Crippen MR) is 99.8 cm³/mol. The van der Waals surface area contributed by atoms with Crippen molar-refractivity contribution in [2.24, 2.45) is 0 Å². The first-order valence-corrected chi connectivity index (χ1v) is 9.23. The van der Waals surface area contributed by atoms with Crippen molar-refractivity contribution in [3.8, 4) is 5.75 Å². The summed E-state index contributed by atoms with van der Waals surface area (Å²) in [6.07, 6.45) is 1.75. The van der Waals surface area contributed by atoms with E-state index in [9.17, 15) is 9.59 Å². The van der Waals surface area contributed by atoms with E-state index in [4.69, 9.17) is 17.0 Å². The zero-order valence-corrected chi connectivity index (χ0v) is 15.6.